The SMILES string of the molecule is C#CCOc1ccccc1CN(C)C. The Labute approximate surface area is 85.5 Å². The smallest absolute Gasteiger partial charge is 0.148 e. The van der Waals surface area contributed by atoms with E-state index in [0.29, 0.717) is 6.61 Å². The van der Waals surface area contributed by atoms with Gasteiger partial charge in [-0.3, -0.25) is 0 Å². The predicted molar refractivity (Wildman–Crippen MR) is 58.2 cm³/mol. The van der Waals surface area contributed by atoms with Crippen molar-refractivity contribution in [3.8, 4) is 18.1 Å². The second kappa shape index (κ2) is 5.31. The maximum absolute atomic E-state index is 5.42. The summed E-state index contributed by atoms with van der Waals surface area (Å²) in [6, 6.07) is 7.94. The summed E-state index contributed by atoms with van der Waals surface area (Å²) in [5.41, 5.74) is 1.16. The first kappa shape index (κ1) is 10.6. The summed E-state index contributed by atoms with van der Waals surface area (Å²) >= 11 is 0. The molecule has 0 aliphatic heterocycles. The molecule has 0 aromatic heterocycles. The molecule has 0 unspecified atom stereocenters. The predicted octanol–water partition coefficient (Wildman–Crippen LogP) is 1.76. The van der Waals surface area contributed by atoms with Gasteiger partial charge in [-0.15, -0.1) is 6.42 Å². The van der Waals surface area contributed by atoms with Crippen LogP contribution < -0.4 is 4.74 Å². The Bertz CT molecular complexity index is 325. The fourth-order valence-electron chi connectivity index (χ4n) is 1.24. The second-order valence-electron chi connectivity index (χ2n) is 3.34. The Morgan fingerprint density at radius 2 is 2.07 bits per heavy atom. The van der Waals surface area contributed by atoms with Crippen molar-refractivity contribution in [1.82, 2.24) is 4.90 Å². The summed E-state index contributed by atoms with van der Waals surface area (Å²) in [5.74, 6) is 3.34. The van der Waals surface area contributed by atoms with Crippen LogP contribution in [0.5, 0.6) is 5.75 Å². The van der Waals surface area contributed by atoms with Crippen molar-refractivity contribution in [2.75, 3.05) is 20.7 Å². The van der Waals surface area contributed by atoms with Crippen LogP contribution >= 0.6 is 0 Å². The maximum Gasteiger partial charge on any atom is 0.148 e. The standard InChI is InChI=1S/C12H15NO/c1-4-9-14-12-8-6-5-7-11(12)10-13(2)3/h1,5-8H,9-10H2,2-3H3. The van der Waals surface area contributed by atoms with Crippen LogP contribution in [0.1, 0.15) is 5.56 Å². The van der Waals surface area contributed by atoms with Gasteiger partial charge in [0, 0.05) is 12.1 Å². The first-order chi connectivity index (χ1) is 6.74. The van der Waals surface area contributed by atoms with Gasteiger partial charge in [-0.1, -0.05) is 24.1 Å². The number of hydrogen-bond acceptors (Lipinski definition) is 2. The minimum absolute atomic E-state index is 0.324. The fraction of sp³-hybridized carbons (Fsp3) is 0.333. The van der Waals surface area contributed by atoms with E-state index in [1.807, 2.05) is 38.4 Å². The summed E-state index contributed by atoms with van der Waals surface area (Å²) in [4.78, 5) is 2.10. The molecule has 0 saturated carbocycles. The van der Waals surface area contributed by atoms with Crippen LogP contribution in [-0.4, -0.2) is 25.6 Å². The molecule has 0 atom stereocenters. The highest BCUT2D eigenvalue weighted by Crippen LogP contribution is 2.18. The molecule has 1 aromatic rings. The van der Waals surface area contributed by atoms with Crippen molar-refractivity contribution in [1.29, 1.82) is 0 Å². The Kier molecular flexibility index (Phi) is 4.03. The largest absolute Gasteiger partial charge is 0.481 e. The quantitative estimate of drug-likeness (QED) is 0.669. The van der Waals surface area contributed by atoms with Gasteiger partial charge in [0.2, 0.25) is 0 Å². The molecule has 0 bridgehead atoms. The van der Waals surface area contributed by atoms with E-state index < -0.39 is 0 Å². The molecule has 0 radical (unpaired) electrons. The molecule has 2 nitrogen and oxygen atoms in total. The van der Waals surface area contributed by atoms with Crippen molar-refractivity contribution >= 4 is 0 Å². The van der Waals surface area contributed by atoms with Crippen molar-refractivity contribution in [3.05, 3.63) is 29.8 Å². The van der Waals surface area contributed by atoms with Gasteiger partial charge in [0.1, 0.15) is 12.4 Å². The lowest BCUT2D eigenvalue weighted by Gasteiger charge is -2.13. The average Bonchev–Trinajstić information content (AvgIpc) is 2.16. The van der Waals surface area contributed by atoms with Gasteiger partial charge in [-0.05, 0) is 20.2 Å². The molecule has 2 heteroatoms. The summed E-state index contributed by atoms with van der Waals surface area (Å²) in [5, 5.41) is 0. The lowest BCUT2D eigenvalue weighted by Crippen LogP contribution is -2.11. The van der Waals surface area contributed by atoms with Crippen LogP contribution in [-0.2, 0) is 6.54 Å². The molecule has 0 fully saturated rings. The second-order valence-corrected chi connectivity index (χ2v) is 3.34. The van der Waals surface area contributed by atoms with Crippen molar-refractivity contribution < 1.29 is 4.74 Å². The molecule has 14 heavy (non-hydrogen) atoms. The molecular weight excluding hydrogens is 174 g/mol. The zero-order valence-corrected chi connectivity index (χ0v) is 8.66. The van der Waals surface area contributed by atoms with Crippen molar-refractivity contribution in [2.24, 2.45) is 0 Å². The zero-order chi connectivity index (χ0) is 10.4. The molecule has 0 spiro atoms. The monoisotopic (exact) mass is 189 g/mol. The minimum atomic E-state index is 0.324. The Morgan fingerprint density at radius 3 is 2.71 bits per heavy atom. The highest BCUT2D eigenvalue weighted by molar-refractivity contribution is 5.33. The number of hydrogen-bond donors (Lipinski definition) is 0. The van der Waals surface area contributed by atoms with E-state index >= 15 is 0 Å². The first-order valence-electron chi connectivity index (χ1n) is 4.53. The number of benzene rings is 1. The zero-order valence-electron chi connectivity index (χ0n) is 8.66. The van der Waals surface area contributed by atoms with Crippen LogP contribution in [0.4, 0.5) is 0 Å². The third-order valence-corrected chi connectivity index (χ3v) is 1.77. The van der Waals surface area contributed by atoms with Gasteiger partial charge in [0.15, 0.2) is 0 Å². The molecule has 0 saturated heterocycles. The van der Waals surface area contributed by atoms with Crippen LogP contribution in [0.2, 0.25) is 0 Å². The van der Waals surface area contributed by atoms with E-state index in [9.17, 15) is 0 Å². The Hall–Kier alpha value is -1.46. The van der Waals surface area contributed by atoms with E-state index in [-0.39, 0.29) is 0 Å². The minimum Gasteiger partial charge on any atom is -0.481 e. The van der Waals surface area contributed by atoms with E-state index in [4.69, 9.17) is 11.2 Å². The molecule has 0 N–H and O–H groups in total. The summed E-state index contributed by atoms with van der Waals surface area (Å²) in [6.07, 6.45) is 5.14. The van der Waals surface area contributed by atoms with Crippen LogP contribution in [0, 0.1) is 12.3 Å². The van der Waals surface area contributed by atoms with E-state index in [2.05, 4.69) is 10.8 Å². The van der Waals surface area contributed by atoms with Gasteiger partial charge in [0.25, 0.3) is 0 Å². The van der Waals surface area contributed by atoms with E-state index in [1.165, 1.54) is 0 Å². The molecule has 74 valence electrons. The Morgan fingerprint density at radius 1 is 1.36 bits per heavy atom. The van der Waals surface area contributed by atoms with Crippen LogP contribution in [0.3, 0.4) is 0 Å². The lowest BCUT2D eigenvalue weighted by atomic mass is 10.2. The van der Waals surface area contributed by atoms with Gasteiger partial charge in [0.05, 0.1) is 0 Å². The number of rotatable bonds is 4. The third-order valence-electron chi connectivity index (χ3n) is 1.77. The molecule has 0 amide bonds. The number of terminal acetylenes is 1. The number of para-hydroxylation sites is 1. The average molecular weight is 189 g/mol. The van der Waals surface area contributed by atoms with Crippen molar-refractivity contribution in [3.63, 3.8) is 0 Å². The molecule has 0 aliphatic carbocycles. The summed E-state index contributed by atoms with van der Waals surface area (Å²) < 4.78 is 5.42. The van der Waals surface area contributed by atoms with Gasteiger partial charge < -0.3 is 9.64 Å². The lowest BCUT2D eigenvalue weighted by molar-refractivity contribution is 0.347. The fourth-order valence-corrected chi connectivity index (χ4v) is 1.24. The van der Waals surface area contributed by atoms with Gasteiger partial charge >= 0.3 is 0 Å². The molecule has 1 rings (SSSR count). The van der Waals surface area contributed by atoms with Crippen LogP contribution in [0.15, 0.2) is 24.3 Å². The summed E-state index contributed by atoms with van der Waals surface area (Å²) in [6.45, 7) is 1.19. The van der Waals surface area contributed by atoms with E-state index in [0.717, 1.165) is 17.9 Å². The highest BCUT2D eigenvalue weighted by atomic mass is 16.5. The van der Waals surface area contributed by atoms with Crippen molar-refractivity contribution in [2.45, 2.75) is 6.54 Å². The maximum atomic E-state index is 5.42. The third kappa shape index (κ3) is 3.12. The Balaban J connectivity index is 2.76. The highest BCUT2D eigenvalue weighted by Gasteiger charge is 2.02. The van der Waals surface area contributed by atoms with Gasteiger partial charge in [-0.2, -0.15) is 0 Å². The number of nitrogens with zero attached hydrogens (tertiary/aromatic N) is 1. The molecule has 0 heterocycles. The first-order valence-corrected chi connectivity index (χ1v) is 4.53. The molecule has 0 aliphatic rings. The van der Waals surface area contributed by atoms with Crippen LogP contribution in [0.25, 0.3) is 0 Å². The van der Waals surface area contributed by atoms with E-state index in [1.54, 1.807) is 0 Å². The topological polar surface area (TPSA) is 12.5 Å². The molecule has 1 aromatic carbocycles. The normalized spacial score (nSPS) is 9.86. The van der Waals surface area contributed by atoms with Gasteiger partial charge in [-0.25, -0.2) is 0 Å². The molecular formula is C12H15NO. The number of ether oxygens (including phenoxy) is 1. The summed E-state index contributed by atoms with van der Waals surface area (Å²) in [7, 11) is 4.05.